The van der Waals surface area contributed by atoms with E-state index < -0.39 is 6.61 Å². The minimum absolute atomic E-state index is 0.0318. The summed E-state index contributed by atoms with van der Waals surface area (Å²) in [6, 6.07) is 6.38. The van der Waals surface area contributed by atoms with E-state index in [2.05, 4.69) is 15.0 Å². The number of rotatable bonds is 4. The maximum Gasteiger partial charge on any atom is 0.387 e. The molecule has 2 rings (SSSR count). The van der Waals surface area contributed by atoms with Gasteiger partial charge in [0.25, 0.3) is 0 Å². The normalized spacial score (nSPS) is 11.3. The van der Waals surface area contributed by atoms with Gasteiger partial charge in [-0.05, 0) is 18.1 Å². The van der Waals surface area contributed by atoms with Crippen molar-refractivity contribution in [2.24, 2.45) is 0 Å². The van der Waals surface area contributed by atoms with Crippen LogP contribution in [0.2, 0.25) is 0 Å². The van der Waals surface area contributed by atoms with Crippen molar-refractivity contribution < 1.29 is 13.5 Å². The smallest absolute Gasteiger partial charge is 0.387 e. The lowest BCUT2D eigenvalue weighted by molar-refractivity contribution is -0.0499. The number of para-hydroxylation sites is 2. The molecule has 0 amide bonds. The van der Waals surface area contributed by atoms with Crippen molar-refractivity contribution in [2.45, 2.75) is 26.4 Å². The third-order valence-electron chi connectivity index (χ3n) is 2.59. The molecule has 1 aromatic carbocycles. The average molecular weight is 268 g/mol. The van der Waals surface area contributed by atoms with Gasteiger partial charge in [-0.25, -0.2) is 4.68 Å². The second kappa shape index (κ2) is 5.21. The molecule has 0 saturated heterocycles. The summed E-state index contributed by atoms with van der Waals surface area (Å²) in [5, 5.41) is 7.67. The van der Waals surface area contributed by atoms with Crippen LogP contribution in [0.25, 0.3) is 5.69 Å². The average Bonchev–Trinajstić information content (AvgIpc) is 2.71. The summed E-state index contributed by atoms with van der Waals surface area (Å²) in [5.74, 6) is 0.362. The first-order chi connectivity index (χ1) is 9.00. The highest BCUT2D eigenvalue weighted by atomic mass is 19.3. The van der Waals surface area contributed by atoms with Crippen LogP contribution in [0, 0.1) is 0 Å². The van der Waals surface area contributed by atoms with E-state index in [1.807, 2.05) is 13.8 Å². The van der Waals surface area contributed by atoms with E-state index in [9.17, 15) is 8.78 Å². The summed E-state index contributed by atoms with van der Waals surface area (Å²) >= 11 is 0. The number of ether oxygens (including phenoxy) is 1. The zero-order chi connectivity index (χ0) is 14.0. The molecule has 0 saturated carbocycles. The number of nitrogens with two attached hydrogens (primary N) is 1. The van der Waals surface area contributed by atoms with E-state index in [0.717, 1.165) is 0 Å². The SMILES string of the molecule is CC(C)c1c(N)nnn1-c1ccccc1OC(F)F. The highest BCUT2D eigenvalue weighted by Gasteiger charge is 2.19. The lowest BCUT2D eigenvalue weighted by Gasteiger charge is -2.13. The molecule has 0 aliphatic carbocycles. The van der Waals surface area contributed by atoms with E-state index >= 15 is 0 Å². The summed E-state index contributed by atoms with van der Waals surface area (Å²) < 4.78 is 30.7. The van der Waals surface area contributed by atoms with Crippen LogP contribution in [0.4, 0.5) is 14.6 Å². The molecule has 102 valence electrons. The molecule has 1 heterocycles. The minimum atomic E-state index is -2.90. The fraction of sp³-hybridized carbons (Fsp3) is 0.333. The summed E-state index contributed by atoms with van der Waals surface area (Å²) in [6.45, 7) is 0.939. The van der Waals surface area contributed by atoms with Crippen LogP contribution in [-0.2, 0) is 0 Å². The van der Waals surface area contributed by atoms with Crippen molar-refractivity contribution in [1.82, 2.24) is 15.0 Å². The quantitative estimate of drug-likeness (QED) is 0.925. The largest absolute Gasteiger partial charge is 0.433 e. The zero-order valence-corrected chi connectivity index (χ0v) is 10.5. The number of nitrogens with zero attached hydrogens (tertiary/aromatic N) is 3. The summed E-state index contributed by atoms with van der Waals surface area (Å²) in [6.07, 6.45) is 0. The van der Waals surface area contributed by atoms with Gasteiger partial charge in [0, 0.05) is 0 Å². The second-order valence-electron chi connectivity index (χ2n) is 4.27. The van der Waals surface area contributed by atoms with Gasteiger partial charge in [0.05, 0.1) is 5.69 Å². The Morgan fingerprint density at radius 2 is 1.95 bits per heavy atom. The number of benzene rings is 1. The molecule has 0 unspecified atom stereocenters. The molecule has 2 N–H and O–H groups in total. The van der Waals surface area contributed by atoms with Crippen LogP contribution in [0.15, 0.2) is 24.3 Å². The monoisotopic (exact) mass is 268 g/mol. The Morgan fingerprint density at radius 3 is 2.58 bits per heavy atom. The number of alkyl halides is 2. The number of nitrogen functional groups attached to an aromatic ring is 1. The van der Waals surface area contributed by atoms with Gasteiger partial charge in [0.15, 0.2) is 11.6 Å². The Morgan fingerprint density at radius 1 is 1.26 bits per heavy atom. The van der Waals surface area contributed by atoms with Crippen LogP contribution < -0.4 is 10.5 Å². The number of anilines is 1. The van der Waals surface area contributed by atoms with Crippen molar-refractivity contribution in [1.29, 1.82) is 0 Å². The fourth-order valence-corrected chi connectivity index (χ4v) is 1.85. The van der Waals surface area contributed by atoms with Gasteiger partial charge >= 0.3 is 6.61 Å². The molecule has 0 aliphatic rings. The van der Waals surface area contributed by atoms with Gasteiger partial charge in [0.1, 0.15) is 5.69 Å². The van der Waals surface area contributed by atoms with Gasteiger partial charge in [-0.1, -0.05) is 31.2 Å². The predicted molar refractivity (Wildman–Crippen MR) is 66.5 cm³/mol. The third-order valence-corrected chi connectivity index (χ3v) is 2.59. The van der Waals surface area contributed by atoms with Gasteiger partial charge in [-0.2, -0.15) is 8.78 Å². The molecular formula is C12H14F2N4O. The highest BCUT2D eigenvalue weighted by molar-refractivity contribution is 5.50. The molecule has 1 aromatic heterocycles. The number of halogens is 2. The highest BCUT2D eigenvalue weighted by Crippen LogP contribution is 2.29. The molecule has 0 radical (unpaired) electrons. The van der Waals surface area contributed by atoms with Gasteiger partial charge in [0.2, 0.25) is 0 Å². The topological polar surface area (TPSA) is 66.0 Å². The Hall–Kier alpha value is -2.18. The summed E-state index contributed by atoms with van der Waals surface area (Å²) in [4.78, 5) is 0. The van der Waals surface area contributed by atoms with Crippen molar-refractivity contribution in [3.05, 3.63) is 30.0 Å². The molecular weight excluding hydrogens is 254 g/mol. The summed E-state index contributed by atoms with van der Waals surface area (Å²) in [7, 11) is 0. The van der Waals surface area contributed by atoms with Crippen LogP contribution in [-0.4, -0.2) is 21.6 Å². The Balaban J connectivity index is 2.53. The molecule has 5 nitrogen and oxygen atoms in total. The molecule has 0 spiro atoms. The molecule has 0 aliphatic heterocycles. The van der Waals surface area contributed by atoms with Crippen molar-refractivity contribution in [3.63, 3.8) is 0 Å². The van der Waals surface area contributed by atoms with E-state index in [4.69, 9.17) is 5.73 Å². The van der Waals surface area contributed by atoms with E-state index in [1.165, 1.54) is 10.7 Å². The Labute approximate surface area is 109 Å². The number of hydrogen-bond donors (Lipinski definition) is 1. The van der Waals surface area contributed by atoms with E-state index in [1.54, 1.807) is 18.2 Å². The van der Waals surface area contributed by atoms with E-state index in [0.29, 0.717) is 11.4 Å². The van der Waals surface area contributed by atoms with E-state index in [-0.39, 0.29) is 17.5 Å². The maximum atomic E-state index is 12.4. The first-order valence-corrected chi connectivity index (χ1v) is 5.76. The lowest BCUT2D eigenvalue weighted by Crippen LogP contribution is -2.10. The minimum Gasteiger partial charge on any atom is -0.433 e. The Bertz CT molecular complexity index is 569. The standard InChI is InChI=1S/C12H14F2N4O/c1-7(2)10-11(15)16-17-18(10)8-5-3-4-6-9(8)19-12(13)14/h3-7,12H,15H2,1-2H3. The molecule has 19 heavy (non-hydrogen) atoms. The third kappa shape index (κ3) is 2.64. The van der Waals surface area contributed by atoms with Crippen LogP contribution >= 0.6 is 0 Å². The molecule has 0 fully saturated rings. The van der Waals surface area contributed by atoms with Crippen LogP contribution in [0.3, 0.4) is 0 Å². The number of hydrogen-bond acceptors (Lipinski definition) is 4. The maximum absolute atomic E-state index is 12.4. The molecule has 2 aromatic rings. The molecule has 0 bridgehead atoms. The lowest BCUT2D eigenvalue weighted by atomic mass is 10.1. The first-order valence-electron chi connectivity index (χ1n) is 5.76. The summed E-state index contributed by atoms with van der Waals surface area (Å²) in [5.41, 5.74) is 6.79. The molecule has 0 atom stereocenters. The van der Waals surface area contributed by atoms with Crippen LogP contribution in [0.5, 0.6) is 5.75 Å². The number of aromatic nitrogens is 3. The van der Waals surface area contributed by atoms with Crippen molar-refractivity contribution >= 4 is 5.82 Å². The fourth-order valence-electron chi connectivity index (χ4n) is 1.85. The van der Waals surface area contributed by atoms with Gasteiger partial charge in [-0.15, -0.1) is 5.10 Å². The van der Waals surface area contributed by atoms with Crippen LogP contribution in [0.1, 0.15) is 25.5 Å². The Kier molecular flexibility index (Phi) is 3.64. The molecule has 7 heteroatoms. The predicted octanol–water partition coefficient (Wildman–Crippen LogP) is 2.57. The second-order valence-corrected chi connectivity index (χ2v) is 4.27. The zero-order valence-electron chi connectivity index (χ0n) is 10.5. The van der Waals surface area contributed by atoms with Crippen molar-refractivity contribution in [2.75, 3.05) is 5.73 Å². The van der Waals surface area contributed by atoms with Gasteiger partial charge < -0.3 is 10.5 Å². The van der Waals surface area contributed by atoms with Crippen molar-refractivity contribution in [3.8, 4) is 11.4 Å². The first kappa shape index (κ1) is 13.3. The van der Waals surface area contributed by atoms with Gasteiger partial charge in [-0.3, -0.25) is 0 Å².